The summed E-state index contributed by atoms with van der Waals surface area (Å²) < 4.78 is 30.0. The predicted octanol–water partition coefficient (Wildman–Crippen LogP) is 8.43. The van der Waals surface area contributed by atoms with Crippen LogP contribution in [-0.4, -0.2) is 0 Å². The molecule has 0 heterocycles. The fourth-order valence-electron chi connectivity index (χ4n) is 5.29. The van der Waals surface area contributed by atoms with Crippen molar-refractivity contribution in [3.8, 4) is 0 Å². The van der Waals surface area contributed by atoms with Gasteiger partial charge >= 0.3 is 241 Å². The Morgan fingerprint density at radius 3 is 0.976 bits per heavy atom. The Balaban J connectivity index is 0.00000194. The van der Waals surface area contributed by atoms with Crippen LogP contribution in [0.3, 0.4) is 0 Å². The third-order valence-corrected chi connectivity index (χ3v) is 15.7. The van der Waals surface area contributed by atoms with Gasteiger partial charge in [-0.25, -0.2) is 0 Å². The summed E-state index contributed by atoms with van der Waals surface area (Å²) >= 11 is -0.549. The maximum atomic E-state index is 14.7. The molecule has 2 unspecified atom stereocenters. The second kappa shape index (κ2) is 13.7. The average Bonchev–Trinajstić information content (AvgIpc) is 3.69. The number of rotatable bonds is 8. The molecule has 0 saturated heterocycles. The van der Waals surface area contributed by atoms with Gasteiger partial charge in [0, 0.05) is 0 Å². The first-order valence-corrected chi connectivity index (χ1v) is 18.3. The Morgan fingerprint density at radius 2 is 0.707 bits per heavy atom. The van der Waals surface area contributed by atoms with E-state index in [1.807, 2.05) is 121 Å². The van der Waals surface area contributed by atoms with E-state index >= 15 is 0 Å². The SMILES string of the molecule is Cl.Cl.O=P(C1=C[CH]([Ti][CH]2C=CC(P(=O)(c3ccccc3)c3ccccc3)=C2)C=C1)(c1ccccc1)c1ccccc1. The average molecular weight is 651 g/mol. The number of hydrogen-bond acceptors (Lipinski definition) is 2. The molecule has 2 nitrogen and oxygen atoms in total. The number of allylic oxidation sites excluding steroid dienone is 8. The summed E-state index contributed by atoms with van der Waals surface area (Å²) in [4.78, 5) is 0. The Bertz CT molecular complexity index is 1470. The van der Waals surface area contributed by atoms with Crippen LogP contribution in [0.1, 0.15) is 0 Å². The molecule has 6 rings (SSSR count). The number of hydrogen-bond donors (Lipinski definition) is 0. The molecule has 0 N–H and O–H groups in total. The van der Waals surface area contributed by atoms with Gasteiger partial charge in [-0.05, 0) is 0 Å². The van der Waals surface area contributed by atoms with Crippen LogP contribution in [0.4, 0.5) is 0 Å². The Labute approximate surface area is 263 Å². The van der Waals surface area contributed by atoms with E-state index in [9.17, 15) is 9.13 Å². The quantitative estimate of drug-likeness (QED) is 0.142. The van der Waals surface area contributed by atoms with Crippen molar-refractivity contribution in [3.63, 3.8) is 0 Å². The summed E-state index contributed by atoms with van der Waals surface area (Å²) in [5.74, 6) is 0. The Morgan fingerprint density at radius 1 is 0.439 bits per heavy atom. The first kappa shape index (κ1) is 31.5. The molecule has 0 saturated carbocycles. The van der Waals surface area contributed by atoms with Crippen LogP contribution in [0.5, 0.6) is 0 Å². The van der Waals surface area contributed by atoms with E-state index in [0.717, 1.165) is 31.8 Å². The molecule has 2 aliphatic rings. The fraction of sp³-hybridized carbons (Fsp3) is 0.0588. The van der Waals surface area contributed by atoms with Crippen molar-refractivity contribution < 1.29 is 28.3 Å². The van der Waals surface area contributed by atoms with Crippen molar-refractivity contribution in [2.24, 2.45) is 0 Å². The first-order chi connectivity index (χ1) is 19.1. The molecule has 0 aliphatic heterocycles. The van der Waals surface area contributed by atoms with Crippen LogP contribution in [-0.2, 0) is 28.3 Å². The molecule has 0 bridgehead atoms. The van der Waals surface area contributed by atoms with Crippen molar-refractivity contribution in [2.45, 2.75) is 8.45 Å². The van der Waals surface area contributed by atoms with E-state index in [1.54, 1.807) is 0 Å². The van der Waals surface area contributed by atoms with Gasteiger partial charge in [0.25, 0.3) is 0 Å². The van der Waals surface area contributed by atoms with Crippen LogP contribution in [0, 0.1) is 0 Å². The van der Waals surface area contributed by atoms with Crippen molar-refractivity contribution in [3.05, 3.63) is 168 Å². The first-order valence-electron chi connectivity index (χ1n) is 13.1. The molecule has 4 aromatic carbocycles. The van der Waals surface area contributed by atoms with Gasteiger partial charge < -0.3 is 0 Å². The molecule has 7 heteroatoms. The van der Waals surface area contributed by atoms with Crippen molar-refractivity contribution in [2.75, 3.05) is 0 Å². The van der Waals surface area contributed by atoms with Gasteiger partial charge in [-0.2, -0.15) is 0 Å². The molecule has 0 amide bonds. The molecule has 206 valence electrons. The van der Waals surface area contributed by atoms with E-state index < -0.39 is 33.4 Å². The van der Waals surface area contributed by atoms with Crippen molar-refractivity contribution in [1.82, 2.24) is 0 Å². The monoisotopic (exact) mass is 650 g/mol. The molecule has 41 heavy (non-hydrogen) atoms. The van der Waals surface area contributed by atoms with E-state index in [1.165, 1.54) is 0 Å². The molecule has 4 aromatic rings. The summed E-state index contributed by atoms with van der Waals surface area (Å²) in [5.41, 5.74) is 0. The van der Waals surface area contributed by atoms with E-state index in [2.05, 4.69) is 36.5 Å². The van der Waals surface area contributed by atoms with Gasteiger partial charge in [-0.3, -0.25) is 0 Å². The van der Waals surface area contributed by atoms with Gasteiger partial charge in [0.05, 0.1) is 0 Å². The topological polar surface area (TPSA) is 34.1 Å². The molecule has 2 atom stereocenters. The number of halogens is 2. The van der Waals surface area contributed by atoms with Crippen LogP contribution in [0.2, 0.25) is 8.45 Å². The van der Waals surface area contributed by atoms with Gasteiger partial charge in [-0.15, -0.1) is 24.8 Å². The standard InChI is InChI=1S/2C17H14OP.2ClH.Ti/c2*18-19(17-13-7-8-14-17,15-9-3-1-4-10-15)16-11-5-2-6-12-16;;;/h2*1-14H;2*1H;. The van der Waals surface area contributed by atoms with Gasteiger partial charge in [0.1, 0.15) is 0 Å². The number of benzene rings is 4. The normalized spacial score (nSPS) is 17.7. The second-order valence-electron chi connectivity index (χ2n) is 9.68. The summed E-state index contributed by atoms with van der Waals surface area (Å²) in [5, 5.41) is 5.28. The Kier molecular flexibility index (Phi) is 10.5. The zero-order chi connectivity index (χ0) is 26.7. The predicted molar refractivity (Wildman–Crippen MR) is 176 cm³/mol. The van der Waals surface area contributed by atoms with Crippen molar-refractivity contribution >= 4 is 60.3 Å². The molecular weight excluding hydrogens is 621 g/mol. The van der Waals surface area contributed by atoms with Crippen LogP contribution in [0.15, 0.2) is 168 Å². The van der Waals surface area contributed by atoms with Crippen molar-refractivity contribution in [1.29, 1.82) is 0 Å². The molecule has 0 spiro atoms. The summed E-state index contributed by atoms with van der Waals surface area (Å²) in [6.07, 6.45) is 13.1. The molecule has 2 aliphatic carbocycles. The third-order valence-electron chi connectivity index (χ3n) is 7.24. The molecule has 0 aromatic heterocycles. The van der Waals surface area contributed by atoms with Crippen LogP contribution >= 0.6 is 39.1 Å². The summed E-state index contributed by atoms with van der Waals surface area (Å²) in [7, 11) is -5.91. The minimum atomic E-state index is -2.96. The maximum absolute atomic E-state index is 14.7. The van der Waals surface area contributed by atoms with E-state index in [0.29, 0.717) is 0 Å². The van der Waals surface area contributed by atoms with Gasteiger partial charge in [-0.1, -0.05) is 0 Å². The van der Waals surface area contributed by atoms with E-state index in [-0.39, 0.29) is 33.3 Å². The van der Waals surface area contributed by atoms with E-state index in [4.69, 9.17) is 0 Å². The summed E-state index contributed by atoms with van der Waals surface area (Å²) in [6, 6.07) is 39.4. The van der Waals surface area contributed by atoms with Gasteiger partial charge in [0.2, 0.25) is 0 Å². The minimum absolute atomic E-state index is 0. The zero-order valence-electron chi connectivity index (χ0n) is 22.2. The van der Waals surface area contributed by atoms with Gasteiger partial charge in [0.15, 0.2) is 0 Å². The van der Waals surface area contributed by atoms with Crippen LogP contribution < -0.4 is 21.2 Å². The summed E-state index contributed by atoms with van der Waals surface area (Å²) in [6.45, 7) is 0. The zero-order valence-corrected chi connectivity index (χ0v) is 27.2. The fourth-order valence-corrected chi connectivity index (χ4v) is 13.4. The van der Waals surface area contributed by atoms with Crippen LogP contribution in [0.25, 0.3) is 0 Å². The molecule has 0 radical (unpaired) electrons. The third kappa shape index (κ3) is 6.21. The Hall–Kier alpha value is -2.41. The molecular formula is C34H30Cl2O2P2Ti. The molecule has 0 fully saturated rings. The second-order valence-corrected chi connectivity index (χ2v) is 17.8.